The lowest BCUT2D eigenvalue weighted by molar-refractivity contribution is 0.702. The lowest BCUT2D eigenvalue weighted by atomic mass is 10.2. The minimum absolute atomic E-state index is 1.10. The fraction of sp³-hybridized carbons (Fsp3) is 0.256. The molecule has 0 saturated carbocycles. The molecule has 0 unspecified atom stereocenters. The average molecular weight is 819 g/mol. The van der Waals surface area contributed by atoms with E-state index in [2.05, 4.69) is 143 Å². The first-order valence-electron chi connectivity index (χ1n) is 17.6. The van der Waals surface area contributed by atoms with Gasteiger partial charge in [0.05, 0.1) is 0 Å². The monoisotopic (exact) mass is 818 g/mol. The molecule has 0 aliphatic rings. The van der Waals surface area contributed by atoms with E-state index in [9.17, 15) is 0 Å². The van der Waals surface area contributed by atoms with E-state index in [0.717, 1.165) is 4.91 Å². The first-order chi connectivity index (χ1) is 25.0. The Balaban J connectivity index is 0.000000447. The Kier molecular flexibility index (Phi) is 16.3. The second-order valence-electron chi connectivity index (χ2n) is 11.7. The van der Waals surface area contributed by atoms with E-state index in [1.807, 2.05) is 56.7 Å². The topological polar surface area (TPSA) is 0 Å². The Hall–Kier alpha value is -2.27. The molecule has 8 heteroatoms. The van der Waals surface area contributed by atoms with E-state index < -0.39 is 0 Å². The van der Waals surface area contributed by atoms with Crippen molar-refractivity contribution in [2.24, 2.45) is 0 Å². The third kappa shape index (κ3) is 11.1. The molecule has 0 amide bonds. The van der Waals surface area contributed by atoms with Crippen molar-refractivity contribution >= 4 is 101 Å². The highest BCUT2D eigenvalue weighted by Crippen LogP contribution is 2.47. The maximum atomic E-state index is 4.45. The summed E-state index contributed by atoms with van der Waals surface area (Å²) in [7, 11) is 0. The van der Waals surface area contributed by atoms with Gasteiger partial charge in [-0.3, -0.25) is 0 Å². The third-order valence-corrected chi connectivity index (χ3v) is 17.4. The largest absolute Gasteiger partial charge is 0.143 e. The first kappa shape index (κ1) is 39.9. The maximum Gasteiger partial charge on any atom is 0.0449 e. The standard InChI is InChI=1S/C33H22S8.C6H14.C4H10/c1-3-21(25-10-11-26(38-25)23-6-4-18-34-23)36-20(2)22-8-9-28(37-22)29-14-15-32(40-29)33-17-16-31(41-33)30-13-12-27(39-30)24-7-5-19-35-24;1-3-5-6-4-2;1-3-4-2/h3-19H,2H2,1H3;3-6H2,1-2H3;3-4H2,1-2H3/b21-3-;;. The Morgan fingerprint density at radius 2 is 0.863 bits per heavy atom. The number of allylic oxidation sites excluding steroid dienone is 1. The van der Waals surface area contributed by atoms with Crippen molar-refractivity contribution in [1.82, 2.24) is 0 Å². The number of thiophene rings is 7. The fourth-order valence-corrected chi connectivity index (χ4v) is 12.8. The molecule has 0 aromatic carbocycles. The van der Waals surface area contributed by atoms with Gasteiger partial charge in [-0.2, -0.15) is 0 Å². The summed E-state index contributed by atoms with van der Waals surface area (Å²) in [5.41, 5.74) is 0. The lowest BCUT2D eigenvalue weighted by Gasteiger charge is -2.06. The van der Waals surface area contributed by atoms with Crippen LogP contribution in [0.15, 0.2) is 108 Å². The Morgan fingerprint density at radius 1 is 0.490 bits per heavy atom. The summed E-state index contributed by atoms with van der Waals surface area (Å²) >= 11 is 14.7. The second kappa shape index (κ2) is 20.8. The number of hydrogen-bond donors (Lipinski definition) is 0. The van der Waals surface area contributed by atoms with Crippen LogP contribution in [0.3, 0.4) is 0 Å². The zero-order valence-electron chi connectivity index (χ0n) is 30.0. The molecule has 0 saturated heterocycles. The highest BCUT2D eigenvalue weighted by Gasteiger charge is 2.15. The van der Waals surface area contributed by atoms with Gasteiger partial charge in [0.15, 0.2) is 0 Å². The second-order valence-corrected chi connectivity index (χ2v) is 20.1. The summed E-state index contributed by atoms with van der Waals surface area (Å²) in [5, 5.41) is 4.28. The van der Waals surface area contributed by atoms with Crippen molar-refractivity contribution in [2.75, 3.05) is 0 Å². The van der Waals surface area contributed by atoms with Crippen LogP contribution in [-0.4, -0.2) is 0 Å². The quantitative estimate of drug-likeness (QED) is 0.104. The smallest absolute Gasteiger partial charge is 0.0449 e. The number of thioether (sulfide) groups is 1. The van der Waals surface area contributed by atoms with Gasteiger partial charge in [-0.05, 0) is 90.5 Å². The van der Waals surface area contributed by atoms with Gasteiger partial charge in [-0.1, -0.05) is 103 Å². The van der Waals surface area contributed by atoms with E-state index in [0.29, 0.717) is 0 Å². The zero-order chi connectivity index (χ0) is 36.0. The van der Waals surface area contributed by atoms with Gasteiger partial charge in [0.1, 0.15) is 0 Å². The molecule has 0 N–H and O–H groups in total. The lowest BCUT2D eigenvalue weighted by Crippen LogP contribution is -1.75. The molecule has 0 aliphatic carbocycles. The molecule has 0 radical (unpaired) electrons. The third-order valence-electron chi connectivity index (χ3n) is 7.76. The van der Waals surface area contributed by atoms with Crippen LogP contribution in [0.2, 0.25) is 0 Å². The first-order valence-corrected chi connectivity index (χ1v) is 24.2. The maximum absolute atomic E-state index is 4.45. The molecule has 0 nitrogen and oxygen atoms in total. The predicted octanol–water partition coefficient (Wildman–Crippen LogP) is 18.6. The van der Waals surface area contributed by atoms with Gasteiger partial charge in [0.2, 0.25) is 0 Å². The minimum atomic E-state index is 1.10. The molecule has 7 aromatic heterocycles. The van der Waals surface area contributed by atoms with E-state index in [1.165, 1.54) is 102 Å². The van der Waals surface area contributed by atoms with Crippen LogP contribution in [0.4, 0.5) is 0 Å². The van der Waals surface area contributed by atoms with Gasteiger partial charge in [-0.15, -0.1) is 79.4 Å². The molecular formula is C43H46S8. The van der Waals surface area contributed by atoms with Gasteiger partial charge in [0, 0.05) is 68.3 Å². The van der Waals surface area contributed by atoms with Crippen LogP contribution in [0.1, 0.15) is 82.9 Å². The van der Waals surface area contributed by atoms with E-state index >= 15 is 0 Å². The molecule has 7 rings (SSSR count). The Labute approximate surface area is 337 Å². The van der Waals surface area contributed by atoms with Crippen molar-refractivity contribution in [3.05, 3.63) is 118 Å². The Bertz CT molecular complexity index is 2040. The number of rotatable bonds is 13. The normalized spacial score (nSPS) is 11.2. The summed E-state index contributed by atoms with van der Waals surface area (Å²) in [4.78, 5) is 18.2. The van der Waals surface area contributed by atoms with Gasteiger partial charge < -0.3 is 0 Å². The summed E-state index contributed by atoms with van der Waals surface area (Å²) < 4.78 is 0. The van der Waals surface area contributed by atoms with Crippen molar-refractivity contribution in [3.63, 3.8) is 0 Å². The van der Waals surface area contributed by atoms with Crippen molar-refractivity contribution in [1.29, 1.82) is 0 Å². The summed E-state index contributed by atoms with van der Waals surface area (Å²) in [5.74, 6) is 0. The molecular weight excluding hydrogens is 773 g/mol. The van der Waals surface area contributed by atoms with E-state index in [-0.39, 0.29) is 0 Å². The minimum Gasteiger partial charge on any atom is -0.143 e. The summed E-state index contributed by atoms with van der Waals surface area (Å²) in [6, 6.07) is 31.1. The van der Waals surface area contributed by atoms with Crippen LogP contribution >= 0.6 is 91.1 Å². The Morgan fingerprint density at radius 3 is 1.25 bits per heavy atom. The molecule has 266 valence electrons. The highest BCUT2D eigenvalue weighted by molar-refractivity contribution is 8.16. The van der Waals surface area contributed by atoms with Gasteiger partial charge in [0.25, 0.3) is 0 Å². The SMILES string of the molecule is C=C(S/C(=C\C)c1ccc(-c2cccs2)s1)c1ccc(-c2ccc(-c3ccc(-c4ccc(-c5cccs5)s4)s3)s2)s1.CCCC.CCCCCC. The van der Waals surface area contributed by atoms with E-state index in [1.54, 1.807) is 34.4 Å². The number of unbranched alkanes of at least 4 members (excludes halogenated alkanes) is 4. The van der Waals surface area contributed by atoms with Crippen LogP contribution in [0.25, 0.3) is 58.6 Å². The molecule has 7 heterocycles. The molecule has 0 fully saturated rings. The van der Waals surface area contributed by atoms with Crippen LogP contribution < -0.4 is 0 Å². The highest BCUT2D eigenvalue weighted by atomic mass is 32.2. The average Bonchev–Trinajstić information content (AvgIpc) is 4.00. The zero-order valence-corrected chi connectivity index (χ0v) is 36.6. The molecule has 51 heavy (non-hydrogen) atoms. The molecule has 0 bridgehead atoms. The van der Waals surface area contributed by atoms with E-state index in [4.69, 9.17) is 0 Å². The molecule has 7 aromatic rings. The van der Waals surface area contributed by atoms with Gasteiger partial charge in [-0.25, -0.2) is 0 Å². The van der Waals surface area contributed by atoms with Crippen LogP contribution in [0, 0.1) is 0 Å². The molecule has 0 aliphatic heterocycles. The fourth-order valence-electron chi connectivity index (χ4n) is 4.80. The molecule has 0 spiro atoms. The number of hydrogen-bond acceptors (Lipinski definition) is 8. The van der Waals surface area contributed by atoms with Crippen LogP contribution in [-0.2, 0) is 0 Å². The summed E-state index contributed by atoms with van der Waals surface area (Å²) in [6.07, 6.45) is 10.4. The van der Waals surface area contributed by atoms with Crippen molar-refractivity contribution in [3.8, 4) is 48.8 Å². The van der Waals surface area contributed by atoms with Crippen LogP contribution in [0.5, 0.6) is 0 Å². The summed E-state index contributed by atoms with van der Waals surface area (Å²) in [6.45, 7) is 15.4. The van der Waals surface area contributed by atoms with Crippen molar-refractivity contribution < 1.29 is 0 Å². The van der Waals surface area contributed by atoms with Crippen molar-refractivity contribution in [2.45, 2.75) is 73.1 Å². The molecule has 0 atom stereocenters. The van der Waals surface area contributed by atoms with Gasteiger partial charge >= 0.3 is 0 Å². The predicted molar refractivity (Wildman–Crippen MR) is 246 cm³/mol.